The largest absolute Gasteiger partial charge is 0.334 e. The molecule has 0 radical (unpaired) electrons. The van der Waals surface area contributed by atoms with E-state index in [2.05, 4.69) is 38.3 Å². The average molecular weight is 359 g/mol. The highest BCUT2D eigenvalue weighted by Crippen LogP contribution is 2.14. The van der Waals surface area contributed by atoms with Gasteiger partial charge in [0.15, 0.2) is 0 Å². The lowest BCUT2D eigenvalue weighted by atomic mass is 10.2. The van der Waals surface area contributed by atoms with Gasteiger partial charge in [0.2, 0.25) is 0 Å². The molecule has 0 aliphatic carbocycles. The maximum atomic E-state index is 12.9. The van der Waals surface area contributed by atoms with Crippen LogP contribution in [0.15, 0.2) is 30.3 Å². The van der Waals surface area contributed by atoms with Gasteiger partial charge < -0.3 is 10.6 Å². The molecule has 3 rings (SSSR count). The molecular weight excluding hydrogens is 333 g/mol. The lowest BCUT2D eigenvalue weighted by Crippen LogP contribution is -2.34. The molecule has 0 unspecified atom stereocenters. The van der Waals surface area contributed by atoms with Crippen LogP contribution in [0.2, 0.25) is 0 Å². The first-order valence-corrected chi connectivity index (χ1v) is 9.18. The Hall–Kier alpha value is -2.41. The van der Waals surface area contributed by atoms with Crippen molar-refractivity contribution in [2.75, 3.05) is 13.1 Å². The Morgan fingerprint density at radius 3 is 2.73 bits per heavy atom. The molecule has 2 N–H and O–H groups in total. The number of urea groups is 1. The van der Waals surface area contributed by atoms with Gasteiger partial charge in [-0.25, -0.2) is 9.18 Å². The van der Waals surface area contributed by atoms with Crippen LogP contribution in [0.25, 0.3) is 0 Å². The number of aryl methyl sites for hydroxylation is 1. The minimum Gasteiger partial charge on any atom is -0.334 e. The highest BCUT2D eigenvalue weighted by Gasteiger charge is 2.16. The van der Waals surface area contributed by atoms with Crippen LogP contribution in [-0.2, 0) is 26.2 Å². The predicted octanol–water partition coefficient (Wildman–Crippen LogP) is 2.64. The summed E-state index contributed by atoms with van der Waals surface area (Å²) in [6.45, 7) is 6.99. The fourth-order valence-corrected chi connectivity index (χ4v) is 3.20. The van der Waals surface area contributed by atoms with Crippen molar-refractivity contribution in [1.29, 1.82) is 0 Å². The maximum Gasteiger partial charge on any atom is 0.315 e. The quantitative estimate of drug-likeness (QED) is 0.833. The summed E-state index contributed by atoms with van der Waals surface area (Å²) in [6.07, 6.45) is 2.25. The third-order valence-electron chi connectivity index (χ3n) is 4.48. The minimum atomic E-state index is -0.282. The normalized spacial score (nSPS) is 14.5. The molecule has 0 spiro atoms. The minimum absolute atomic E-state index is 0.259. The van der Waals surface area contributed by atoms with Crippen LogP contribution in [0.4, 0.5) is 9.18 Å². The van der Waals surface area contributed by atoms with Crippen molar-refractivity contribution in [3.8, 4) is 0 Å². The molecule has 2 aromatic rings. The molecule has 1 aliphatic heterocycles. The maximum absolute atomic E-state index is 12.9. The van der Waals surface area contributed by atoms with E-state index < -0.39 is 0 Å². The topological polar surface area (TPSA) is 62.2 Å². The van der Waals surface area contributed by atoms with Gasteiger partial charge in [-0.2, -0.15) is 5.10 Å². The van der Waals surface area contributed by atoms with E-state index in [1.165, 1.54) is 17.8 Å². The first kappa shape index (κ1) is 18.4. The van der Waals surface area contributed by atoms with Crippen LogP contribution in [-0.4, -0.2) is 33.8 Å². The number of aromatic nitrogens is 2. The van der Waals surface area contributed by atoms with Crippen molar-refractivity contribution in [3.63, 3.8) is 0 Å². The van der Waals surface area contributed by atoms with Gasteiger partial charge >= 0.3 is 6.03 Å². The van der Waals surface area contributed by atoms with Gasteiger partial charge in [-0.15, -0.1) is 0 Å². The molecule has 2 heterocycles. The zero-order valence-corrected chi connectivity index (χ0v) is 15.2. The van der Waals surface area contributed by atoms with Crippen molar-refractivity contribution in [3.05, 3.63) is 53.1 Å². The molecule has 26 heavy (non-hydrogen) atoms. The van der Waals surface area contributed by atoms with Gasteiger partial charge in [-0.3, -0.25) is 9.58 Å². The fraction of sp³-hybridized carbons (Fsp3) is 0.474. The number of fused-ring (bicyclic) bond motifs is 1. The summed E-state index contributed by atoms with van der Waals surface area (Å²) in [6, 6.07) is 7.90. The number of nitrogens with one attached hydrogen (secondary N) is 2. The highest BCUT2D eigenvalue weighted by molar-refractivity contribution is 5.73. The summed E-state index contributed by atoms with van der Waals surface area (Å²) in [5.74, 6) is -0.282. The molecule has 0 atom stereocenters. The number of hydrogen-bond acceptors (Lipinski definition) is 3. The summed E-state index contributed by atoms with van der Waals surface area (Å²) >= 11 is 0. The molecule has 0 bridgehead atoms. The van der Waals surface area contributed by atoms with Gasteiger partial charge in [-0.1, -0.05) is 19.1 Å². The SMILES string of the molecule is CCCN1CCCn2nc(CNC(=O)NCc3ccc(F)cc3)cc2C1. The third kappa shape index (κ3) is 5.05. The van der Waals surface area contributed by atoms with Crippen molar-refractivity contribution >= 4 is 6.03 Å². The Labute approximate surface area is 153 Å². The number of rotatable bonds is 6. The van der Waals surface area contributed by atoms with Gasteiger partial charge in [0.1, 0.15) is 5.82 Å². The first-order chi connectivity index (χ1) is 12.6. The standard InChI is InChI=1S/C19H26FN5O/c1-2-8-24-9-3-10-25-18(14-24)11-17(23-25)13-22-19(26)21-12-15-4-6-16(20)7-5-15/h4-7,11H,2-3,8-10,12-14H2,1H3,(H2,21,22,26). The number of halogens is 1. The molecule has 0 saturated carbocycles. The number of carbonyl (C=O) groups is 1. The van der Waals surface area contributed by atoms with Crippen LogP contribution >= 0.6 is 0 Å². The Kier molecular flexibility index (Phi) is 6.22. The van der Waals surface area contributed by atoms with E-state index in [0.29, 0.717) is 13.1 Å². The van der Waals surface area contributed by atoms with Gasteiger partial charge in [0.25, 0.3) is 0 Å². The molecule has 0 saturated heterocycles. The second-order valence-electron chi connectivity index (χ2n) is 6.64. The Morgan fingerprint density at radius 1 is 1.19 bits per heavy atom. The number of nitrogens with zero attached hydrogens (tertiary/aromatic N) is 3. The predicted molar refractivity (Wildman–Crippen MR) is 97.9 cm³/mol. The highest BCUT2D eigenvalue weighted by atomic mass is 19.1. The van der Waals surface area contributed by atoms with E-state index >= 15 is 0 Å². The summed E-state index contributed by atoms with van der Waals surface area (Å²) in [4.78, 5) is 14.4. The molecule has 6 nitrogen and oxygen atoms in total. The first-order valence-electron chi connectivity index (χ1n) is 9.18. The van der Waals surface area contributed by atoms with Crippen LogP contribution in [0, 0.1) is 5.82 Å². The molecule has 2 amide bonds. The van der Waals surface area contributed by atoms with E-state index in [0.717, 1.165) is 50.3 Å². The van der Waals surface area contributed by atoms with Crippen molar-refractivity contribution < 1.29 is 9.18 Å². The molecule has 140 valence electrons. The number of hydrogen-bond donors (Lipinski definition) is 2. The second kappa shape index (κ2) is 8.80. The van der Waals surface area contributed by atoms with Crippen LogP contribution in [0.1, 0.15) is 36.7 Å². The Balaban J connectivity index is 1.48. The van der Waals surface area contributed by atoms with Crippen LogP contribution in [0.3, 0.4) is 0 Å². The average Bonchev–Trinajstić information content (AvgIpc) is 2.91. The Bertz CT molecular complexity index is 728. The van der Waals surface area contributed by atoms with E-state index in [4.69, 9.17) is 0 Å². The number of amides is 2. The zero-order valence-electron chi connectivity index (χ0n) is 15.2. The molecule has 1 aromatic carbocycles. The van der Waals surface area contributed by atoms with Gasteiger partial charge in [0.05, 0.1) is 17.9 Å². The lowest BCUT2D eigenvalue weighted by Gasteiger charge is -2.17. The second-order valence-corrected chi connectivity index (χ2v) is 6.64. The monoisotopic (exact) mass is 359 g/mol. The molecule has 0 fully saturated rings. The van der Waals surface area contributed by atoms with Crippen molar-refractivity contribution in [2.24, 2.45) is 0 Å². The van der Waals surface area contributed by atoms with Crippen LogP contribution < -0.4 is 10.6 Å². The van der Waals surface area contributed by atoms with Crippen LogP contribution in [0.5, 0.6) is 0 Å². The Morgan fingerprint density at radius 2 is 1.96 bits per heavy atom. The lowest BCUT2D eigenvalue weighted by molar-refractivity contribution is 0.240. The molecule has 7 heteroatoms. The smallest absolute Gasteiger partial charge is 0.315 e. The van der Waals surface area contributed by atoms with E-state index in [1.54, 1.807) is 12.1 Å². The van der Waals surface area contributed by atoms with E-state index in [-0.39, 0.29) is 11.8 Å². The number of benzene rings is 1. The van der Waals surface area contributed by atoms with Gasteiger partial charge in [-0.05, 0) is 43.1 Å². The van der Waals surface area contributed by atoms with Crippen molar-refractivity contribution in [1.82, 2.24) is 25.3 Å². The molecule has 1 aliphatic rings. The summed E-state index contributed by atoms with van der Waals surface area (Å²) in [7, 11) is 0. The molecule has 1 aromatic heterocycles. The van der Waals surface area contributed by atoms with E-state index in [9.17, 15) is 9.18 Å². The molecular formula is C19H26FN5O. The number of carbonyl (C=O) groups excluding carboxylic acids is 1. The summed E-state index contributed by atoms with van der Waals surface area (Å²) < 4.78 is 14.9. The third-order valence-corrected chi connectivity index (χ3v) is 4.48. The summed E-state index contributed by atoms with van der Waals surface area (Å²) in [5.41, 5.74) is 2.93. The zero-order chi connectivity index (χ0) is 18.4. The van der Waals surface area contributed by atoms with Gasteiger partial charge in [0, 0.05) is 26.2 Å². The summed E-state index contributed by atoms with van der Waals surface area (Å²) in [5, 5.41) is 10.2. The fourth-order valence-electron chi connectivity index (χ4n) is 3.20. The van der Waals surface area contributed by atoms with E-state index in [1.807, 2.05) is 0 Å². The van der Waals surface area contributed by atoms with Crippen molar-refractivity contribution in [2.45, 2.75) is 45.9 Å².